The summed E-state index contributed by atoms with van der Waals surface area (Å²) in [5.74, 6) is 0.772. The highest BCUT2D eigenvalue weighted by molar-refractivity contribution is 4.98. The summed E-state index contributed by atoms with van der Waals surface area (Å²) in [7, 11) is 0. The van der Waals surface area contributed by atoms with E-state index in [1.165, 1.54) is 51.6 Å². The van der Waals surface area contributed by atoms with Gasteiger partial charge in [0.1, 0.15) is 0 Å². The Labute approximate surface area is 131 Å². The van der Waals surface area contributed by atoms with E-state index in [0.29, 0.717) is 17.7 Å². The number of hydrogen-bond donors (Lipinski definition) is 1. The van der Waals surface area contributed by atoms with Crippen molar-refractivity contribution in [1.29, 1.82) is 0 Å². The molecular weight excluding hydrogens is 260 g/mol. The van der Waals surface area contributed by atoms with Crippen molar-refractivity contribution in [2.45, 2.75) is 83.9 Å². The number of nitrogens with one attached hydrogen (secondary N) is 1. The average Bonchev–Trinajstić information content (AvgIpc) is 3.05. The van der Waals surface area contributed by atoms with Gasteiger partial charge in [0.25, 0.3) is 0 Å². The predicted octanol–water partition coefficient (Wildman–Crippen LogP) is 3.43. The molecule has 0 amide bonds. The van der Waals surface area contributed by atoms with E-state index in [4.69, 9.17) is 4.74 Å². The third kappa shape index (κ3) is 4.20. The first-order valence-corrected chi connectivity index (χ1v) is 9.24. The maximum atomic E-state index is 5.83. The smallest absolute Gasteiger partial charge is 0.0588 e. The highest BCUT2D eigenvalue weighted by atomic mass is 16.5. The second-order valence-electron chi connectivity index (χ2n) is 7.22. The Morgan fingerprint density at radius 3 is 2.62 bits per heavy atom. The molecule has 0 spiro atoms. The summed E-state index contributed by atoms with van der Waals surface area (Å²) in [5.41, 5.74) is 0.334. The monoisotopic (exact) mass is 296 g/mol. The van der Waals surface area contributed by atoms with Crippen LogP contribution < -0.4 is 5.32 Å². The molecule has 2 saturated heterocycles. The van der Waals surface area contributed by atoms with Gasteiger partial charge in [-0.2, -0.15) is 0 Å². The van der Waals surface area contributed by atoms with Crippen LogP contribution in [0.1, 0.15) is 66.2 Å². The predicted molar refractivity (Wildman–Crippen MR) is 89.7 cm³/mol. The molecule has 0 aromatic carbocycles. The topological polar surface area (TPSA) is 24.5 Å². The van der Waals surface area contributed by atoms with Crippen LogP contribution in [0.3, 0.4) is 0 Å². The van der Waals surface area contributed by atoms with Gasteiger partial charge in [0, 0.05) is 37.8 Å². The van der Waals surface area contributed by atoms with Crippen LogP contribution >= 0.6 is 0 Å². The third-order valence-electron chi connectivity index (χ3n) is 6.08. The summed E-state index contributed by atoms with van der Waals surface area (Å²) < 4.78 is 5.83. The Morgan fingerprint density at radius 2 is 2.05 bits per heavy atom. The lowest BCUT2D eigenvalue weighted by Crippen LogP contribution is -2.65. The highest BCUT2D eigenvalue weighted by Crippen LogP contribution is 2.27. The van der Waals surface area contributed by atoms with E-state index < -0.39 is 0 Å². The zero-order valence-corrected chi connectivity index (χ0v) is 14.7. The summed E-state index contributed by atoms with van der Waals surface area (Å²) >= 11 is 0. The van der Waals surface area contributed by atoms with Gasteiger partial charge in [-0.05, 0) is 38.0 Å². The van der Waals surface area contributed by atoms with Crippen molar-refractivity contribution in [3.05, 3.63) is 0 Å². The fraction of sp³-hybridized carbons (Fsp3) is 1.00. The van der Waals surface area contributed by atoms with Crippen LogP contribution in [0.2, 0.25) is 0 Å². The van der Waals surface area contributed by atoms with Gasteiger partial charge >= 0.3 is 0 Å². The lowest BCUT2D eigenvalue weighted by molar-refractivity contribution is 0.0272. The molecule has 0 aromatic rings. The van der Waals surface area contributed by atoms with Gasteiger partial charge in [0.2, 0.25) is 0 Å². The van der Waals surface area contributed by atoms with Crippen LogP contribution in [0, 0.1) is 5.92 Å². The molecule has 0 saturated carbocycles. The third-order valence-corrected chi connectivity index (χ3v) is 6.08. The molecule has 2 fully saturated rings. The minimum Gasteiger partial charge on any atom is -0.378 e. The molecule has 0 bridgehead atoms. The van der Waals surface area contributed by atoms with Gasteiger partial charge in [-0.1, -0.05) is 34.1 Å². The minimum atomic E-state index is 0.334. The normalized spacial score (nSPS) is 31.4. The molecular formula is C18H36N2O. The van der Waals surface area contributed by atoms with E-state index in [1.807, 2.05) is 0 Å². The van der Waals surface area contributed by atoms with E-state index in [1.54, 1.807) is 0 Å². The average molecular weight is 296 g/mol. The summed E-state index contributed by atoms with van der Waals surface area (Å²) in [6.07, 6.45) is 8.00. The molecule has 1 N–H and O–H groups in total. The first-order valence-electron chi connectivity index (χ1n) is 9.24. The van der Waals surface area contributed by atoms with Gasteiger partial charge in [-0.3, -0.25) is 4.90 Å². The van der Waals surface area contributed by atoms with Crippen LogP contribution in [0.4, 0.5) is 0 Å². The molecule has 2 aliphatic rings. The molecule has 2 heterocycles. The van der Waals surface area contributed by atoms with Crippen molar-refractivity contribution in [2.24, 2.45) is 5.92 Å². The largest absolute Gasteiger partial charge is 0.378 e. The SMILES string of the molecule is CCC(C)C1CNC(CC)(CC)CN1CCC1CCCO1. The maximum Gasteiger partial charge on any atom is 0.0588 e. The van der Waals surface area contributed by atoms with Gasteiger partial charge in [0.15, 0.2) is 0 Å². The minimum absolute atomic E-state index is 0.334. The van der Waals surface area contributed by atoms with Crippen LogP contribution in [0.5, 0.6) is 0 Å². The Hall–Kier alpha value is -0.120. The Kier molecular flexibility index (Phi) is 6.51. The zero-order chi connectivity index (χ0) is 15.3. The fourth-order valence-corrected chi connectivity index (χ4v) is 4.00. The lowest BCUT2D eigenvalue weighted by atomic mass is 9.85. The van der Waals surface area contributed by atoms with Crippen LogP contribution in [0.15, 0.2) is 0 Å². The van der Waals surface area contributed by atoms with Crippen LogP contribution in [0.25, 0.3) is 0 Å². The summed E-state index contributed by atoms with van der Waals surface area (Å²) in [6, 6.07) is 0.697. The van der Waals surface area contributed by atoms with E-state index in [9.17, 15) is 0 Å². The molecule has 3 unspecified atom stereocenters. The van der Waals surface area contributed by atoms with Gasteiger partial charge in [-0.25, -0.2) is 0 Å². The zero-order valence-electron chi connectivity index (χ0n) is 14.7. The number of rotatable bonds is 7. The standard InChI is InChI=1S/C18H36N2O/c1-5-15(4)17-13-19-18(6-2,7-3)14-20(17)11-10-16-9-8-12-21-16/h15-17,19H,5-14H2,1-4H3. The molecule has 0 aliphatic carbocycles. The Bertz CT molecular complexity index is 298. The van der Waals surface area contributed by atoms with E-state index in [0.717, 1.165) is 19.1 Å². The van der Waals surface area contributed by atoms with Gasteiger partial charge in [0.05, 0.1) is 6.10 Å². The van der Waals surface area contributed by atoms with Crippen molar-refractivity contribution in [2.75, 3.05) is 26.2 Å². The molecule has 124 valence electrons. The van der Waals surface area contributed by atoms with Crippen molar-refractivity contribution in [3.8, 4) is 0 Å². The highest BCUT2D eigenvalue weighted by Gasteiger charge is 2.38. The number of hydrogen-bond acceptors (Lipinski definition) is 3. The maximum absolute atomic E-state index is 5.83. The first kappa shape index (κ1) is 17.2. The van der Waals surface area contributed by atoms with Crippen LogP contribution in [-0.4, -0.2) is 48.8 Å². The molecule has 2 rings (SSSR count). The molecule has 2 aliphatic heterocycles. The molecule has 3 atom stereocenters. The Balaban J connectivity index is 1.97. The van der Waals surface area contributed by atoms with Gasteiger partial charge in [-0.15, -0.1) is 0 Å². The lowest BCUT2D eigenvalue weighted by Gasteiger charge is -2.49. The summed E-state index contributed by atoms with van der Waals surface area (Å²) in [6.45, 7) is 14.0. The van der Waals surface area contributed by atoms with Crippen molar-refractivity contribution in [3.63, 3.8) is 0 Å². The number of ether oxygens (including phenoxy) is 1. The van der Waals surface area contributed by atoms with Crippen molar-refractivity contribution < 1.29 is 4.74 Å². The first-order chi connectivity index (χ1) is 10.1. The van der Waals surface area contributed by atoms with Crippen LogP contribution in [-0.2, 0) is 4.74 Å². The van der Waals surface area contributed by atoms with E-state index in [-0.39, 0.29) is 0 Å². The molecule has 0 radical (unpaired) electrons. The quantitative estimate of drug-likeness (QED) is 0.779. The molecule has 3 nitrogen and oxygen atoms in total. The fourth-order valence-electron chi connectivity index (χ4n) is 4.00. The van der Waals surface area contributed by atoms with E-state index in [2.05, 4.69) is 37.9 Å². The molecule has 21 heavy (non-hydrogen) atoms. The molecule has 0 aromatic heterocycles. The van der Waals surface area contributed by atoms with Gasteiger partial charge < -0.3 is 10.1 Å². The summed E-state index contributed by atoms with van der Waals surface area (Å²) in [5, 5.41) is 3.88. The summed E-state index contributed by atoms with van der Waals surface area (Å²) in [4.78, 5) is 2.78. The number of piperazine rings is 1. The Morgan fingerprint density at radius 1 is 1.29 bits per heavy atom. The van der Waals surface area contributed by atoms with E-state index >= 15 is 0 Å². The second-order valence-corrected chi connectivity index (χ2v) is 7.22. The molecule has 3 heteroatoms. The number of nitrogens with zero attached hydrogens (tertiary/aromatic N) is 1. The van der Waals surface area contributed by atoms with Crippen molar-refractivity contribution >= 4 is 0 Å². The second kappa shape index (κ2) is 7.94. The van der Waals surface area contributed by atoms with Crippen molar-refractivity contribution in [1.82, 2.24) is 10.2 Å².